The Hall–Kier alpha value is -2.76. The number of hydrogen-bond acceptors (Lipinski definition) is 4. The topological polar surface area (TPSA) is 63.8 Å². The standard InChI is InChI=1S/C19H15ClN4O.C2H6/c20-16-15-17(13-7-3-1-4-8-13)23-24(11-12-25)19(15)22-21-18(16)14-9-5-2-6-10-14;1-2/h1-10,25H,11-12H2;1-2H3. The van der Waals surface area contributed by atoms with Crippen molar-refractivity contribution in [1.29, 1.82) is 0 Å². The van der Waals surface area contributed by atoms with Gasteiger partial charge in [-0.15, -0.1) is 10.2 Å². The lowest BCUT2D eigenvalue weighted by Gasteiger charge is -2.05. The van der Waals surface area contributed by atoms with E-state index in [1.807, 2.05) is 74.5 Å². The highest BCUT2D eigenvalue weighted by Crippen LogP contribution is 2.36. The van der Waals surface area contributed by atoms with E-state index in [1.165, 1.54) is 0 Å². The first-order valence-electron chi connectivity index (χ1n) is 8.94. The fourth-order valence-electron chi connectivity index (χ4n) is 2.85. The smallest absolute Gasteiger partial charge is 0.182 e. The predicted octanol–water partition coefficient (Wildman–Crippen LogP) is 4.83. The Balaban J connectivity index is 0.00000102. The van der Waals surface area contributed by atoms with Crippen molar-refractivity contribution in [2.24, 2.45) is 0 Å². The Morgan fingerprint density at radius 2 is 1.41 bits per heavy atom. The van der Waals surface area contributed by atoms with Crippen LogP contribution in [0.1, 0.15) is 13.8 Å². The molecule has 0 bridgehead atoms. The molecule has 0 saturated heterocycles. The third-order valence-corrected chi connectivity index (χ3v) is 4.37. The van der Waals surface area contributed by atoms with Crippen molar-refractivity contribution in [3.05, 3.63) is 65.7 Å². The van der Waals surface area contributed by atoms with Crippen LogP contribution in [0.25, 0.3) is 33.5 Å². The molecule has 138 valence electrons. The zero-order valence-electron chi connectivity index (χ0n) is 15.3. The van der Waals surface area contributed by atoms with Gasteiger partial charge in [-0.25, -0.2) is 4.68 Å². The van der Waals surface area contributed by atoms with Gasteiger partial charge in [0, 0.05) is 11.1 Å². The van der Waals surface area contributed by atoms with Gasteiger partial charge in [0.05, 0.1) is 23.6 Å². The van der Waals surface area contributed by atoms with Crippen molar-refractivity contribution >= 4 is 22.6 Å². The van der Waals surface area contributed by atoms with Gasteiger partial charge in [-0.3, -0.25) is 0 Å². The van der Waals surface area contributed by atoms with Gasteiger partial charge in [0.15, 0.2) is 5.65 Å². The van der Waals surface area contributed by atoms with E-state index in [0.717, 1.165) is 22.2 Å². The fraction of sp³-hybridized carbons (Fsp3) is 0.190. The first-order valence-corrected chi connectivity index (χ1v) is 9.32. The number of aliphatic hydroxyl groups is 1. The predicted molar refractivity (Wildman–Crippen MR) is 110 cm³/mol. The molecule has 4 aromatic rings. The molecule has 5 nitrogen and oxygen atoms in total. The van der Waals surface area contributed by atoms with Crippen molar-refractivity contribution < 1.29 is 5.11 Å². The molecular weight excluding hydrogens is 360 g/mol. The molecule has 6 heteroatoms. The molecule has 0 amide bonds. The largest absolute Gasteiger partial charge is 0.394 e. The highest BCUT2D eigenvalue weighted by molar-refractivity contribution is 6.38. The summed E-state index contributed by atoms with van der Waals surface area (Å²) in [7, 11) is 0. The molecule has 0 unspecified atom stereocenters. The minimum absolute atomic E-state index is 0.0370. The van der Waals surface area contributed by atoms with Gasteiger partial charge in [0.25, 0.3) is 0 Å². The van der Waals surface area contributed by atoms with Crippen LogP contribution in [-0.2, 0) is 6.54 Å². The quantitative estimate of drug-likeness (QED) is 0.550. The number of nitrogens with zero attached hydrogens (tertiary/aromatic N) is 4. The van der Waals surface area contributed by atoms with Crippen LogP contribution in [0.15, 0.2) is 60.7 Å². The molecule has 0 aliphatic carbocycles. The van der Waals surface area contributed by atoms with Gasteiger partial charge in [-0.2, -0.15) is 5.10 Å². The normalized spacial score (nSPS) is 10.5. The summed E-state index contributed by atoms with van der Waals surface area (Å²) in [4.78, 5) is 0. The third-order valence-electron chi connectivity index (χ3n) is 4.00. The lowest BCUT2D eigenvalue weighted by Crippen LogP contribution is -2.05. The van der Waals surface area contributed by atoms with Gasteiger partial charge in [-0.05, 0) is 0 Å². The maximum absolute atomic E-state index is 9.32. The second kappa shape index (κ2) is 8.75. The van der Waals surface area contributed by atoms with Gasteiger partial charge in [-0.1, -0.05) is 86.1 Å². The SMILES string of the molecule is CC.OCCn1nc(-c2ccccc2)c2c(Cl)c(-c3ccccc3)nnc21. The Labute approximate surface area is 163 Å². The van der Waals surface area contributed by atoms with E-state index in [2.05, 4.69) is 15.3 Å². The van der Waals surface area contributed by atoms with Crippen LogP contribution in [0.5, 0.6) is 0 Å². The Morgan fingerprint density at radius 1 is 0.852 bits per heavy atom. The van der Waals surface area contributed by atoms with Gasteiger partial charge in [0.2, 0.25) is 0 Å². The number of aromatic nitrogens is 4. The van der Waals surface area contributed by atoms with Crippen LogP contribution >= 0.6 is 11.6 Å². The summed E-state index contributed by atoms with van der Waals surface area (Å²) in [6.45, 7) is 4.30. The molecule has 0 atom stereocenters. The van der Waals surface area contributed by atoms with Crippen LogP contribution < -0.4 is 0 Å². The lowest BCUT2D eigenvalue weighted by molar-refractivity contribution is 0.271. The number of benzene rings is 2. The Morgan fingerprint density at radius 3 is 1.96 bits per heavy atom. The van der Waals surface area contributed by atoms with E-state index in [4.69, 9.17) is 11.6 Å². The lowest BCUT2D eigenvalue weighted by atomic mass is 10.1. The first-order chi connectivity index (χ1) is 13.3. The van der Waals surface area contributed by atoms with Crippen LogP contribution in [-0.4, -0.2) is 31.7 Å². The summed E-state index contributed by atoms with van der Waals surface area (Å²) in [6.07, 6.45) is 0. The molecule has 2 aromatic heterocycles. The summed E-state index contributed by atoms with van der Waals surface area (Å²) < 4.78 is 1.64. The van der Waals surface area contributed by atoms with Crippen molar-refractivity contribution in [3.8, 4) is 22.5 Å². The van der Waals surface area contributed by atoms with E-state index in [0.29, 0.717) is 22.9 Å². The van der Waals surface area contributed by atoms with Crippen LogP contribution in [0.2, 0.25) is 5.02 Å². The van der Waals surface area contributed by atoms with Crippen molar-refractivity contribution in [2.75, 3.05) is 6.61 Å². The molecule has 4 rings (SSSR count). The zero-order valence-corrected chi connectivity index (χ0v) is 16.1. The molecule has 27 heavy (non-hydrogen) atoms. The fourth-order valence-corrected chi connectivity index (χ4v) is 3.17. The minimum Gasteiger partial charge on any atom is -0.394 e. The summed E-state index contributed by atoms with van der Waals surface area (Å²) in [5.74, 6) is 0. The summed E-state index contributed by atoms with van der Waals surface area (Å²) >= 11 is 6.73. The summed E-state index contributed by atoms with van der Waals surface area (Å²) in [5, 5.41) is 23.8. The maximum atomic E-state index is 9.32. The molecule has 0 saturated carbocycles. The highest BCUT2D eigenvalue weighted by Gasteiger charge is 2.20. The molecule has 1 N–H and O–H groups in total. The number of rotatable bonds is 4. The second-order valence-corrected chi connectivity index (χ2v) is 5.97. The highest BCUT2D eigenvalue weighted by atomic mass is 35.5. The van der Waals surface area contributed by atoms with E-state index < -0.39 is 0 Å². The molecule has 0 radical (unpaired) electrons. The summed E-state index contributed by atoms with van der Waals surface area (Å²) in [5.41, 5.74) is 3.77. The average molecular weight is 381 g/mol. The van der Waals surface area contributed by atoms with E-state index in [-0.39, 0.29) is 6.61 Å². The number of aliphatic hydroxyl groups excluding tert-OH is 1. The molecule has 0 spiro atoms. The Bertz CT molecular complexity index is 1020. The molecular formula is C21H21ClN4O. The summed E-state index contributed by atoms with van der Waals surface area (Å²) in [6, 6.07) is 19.5. The average Bonchev–Trinajstić information content (AvgIpc) is 3.11. The van der Waals surface area contributed by atoms with Gasteiger partial charge >= 0.3 is 0 Å². The third kappa shape index (κ3) is 3.70. The molecule has 0 aliphatic rings. The maximum Gasteiger partial charge on any atom is 0.182 e. The first kappa shape index (κ1) is 19.0. The van der Waals surface area contributed by atoms with Crippen molar-refractivity contribution in [2.45, 2.75) is 20.4 Å². The van der Waals surface area contributed by atoms with Gasteiger partial charge in [0.1, 0.15) is 11.4 Å². The van der Waals surface area contributed by atoms with Crippen LogP contribution in [0.3, 0.4) is 0 Å². The monoisotopic (exact) mass is 380 g/mol. The van der Waals surface area contributed by atoms with Crippen LogP contribution in [0.4, 0.5) is 0 Å². The molecule has 0 aliphatic heterocycles. The van der Waals surface area contributed by atoms with E-state index in [9.17, 15) is 5.11 Å². The van der Waals surface area contributed by atoms with Crippen molar-refractivity contribution in [3.63, 3.8) is 0 Å². The van der Waals surface area contributed by atoms with Crippen LogP contribution in [0, 0.1) is 0 Å². The molecule has 0 fully saturated rings. The van der Waals surface area contributed by atoms with E-state index >= 15 is 0 Å². The molecule has 2 aromatic carbocycles. The Kier molecular flexibility index (Phi) is 6.16. The van der Waals surface area contributed by atoms with Gasteiger partial charge < -0.3 is 5.11 Å². The van der Waals surface area contributed by atoms with Crippen molar-refractivity contribution in [1.82, 2.24) is 20.0 Å². The number of fused-ring (bicyclic) bond motifs is 1. The number of hydrogen-bond donors (Lipinski definition) is 1. The van der Waals surface area contributed by atoms with E-state index in [1.54, 1.807) is 4.68 Å². The molecule has 2 heterocycles. The minimum atomic E-state index is -0.0370. The second-order valence-electron chi connectivity index (χ2n) is 5.59. The number of halogens is 1. The zero-order chi connectivity index (χ0) is 19.2.